The Labute approximate surface area is 280 Å². The third-order valence-corrected chi connectivity index (χ3v) is 9.61. The van der Waals surface area contributed by atoms with Crippen LogP contribution in [0.5, 0.6) is 5.75 Å². The van der Waals surface area contributed by atoms with E-state index >= 15 is 0 Å². The number of rotatable bonds is 17. The summed E-state index contributed by atoms with van der Waals surface area (Å²) in [5.41, 5.74) is 3.23. The highest BCUT2D eigenvalue weighted by Crippen LogP contribution is 2.34. The average Bonchev–Trinajstić information content (AvgIpc) is 3.05. The van der Waals surface area contributed by atoms with Gasteiger partial charge in [0.2, 0.25) is 5.91 Å². The van der Waals surface area contributed by atoms with Crippen molar-refractivity contribution >= 4 is 29.1 Å². The van der Waals surface area contributed by atoms with Crippen molar-refractivity contribution in [2.75, 3.05) is 33.3 Å². The second kappa shape index (κ2) is 17.9. The molecule has 5 nitrogen and oxygen atoms in total. The van der Waals surface area contributed by atoms with Gasteiger partial charge in [-0.3, -0.25) is 4.79 Å². The van der Waals surface area contributed by atoms with Crippen molar-refractivity contribution in [3.05, 3.63) is 87.9 Å². The van der Waals surface area contributed by atoms with Crippen LogP contribution in [0.15, 0.2) is 66.7 Å². The predicted molar refractivity (Wildman–Crippen MR) is 187 cm³/mol. The first-order chi connectivity index (χ1) is 21.8. The number of halogens is 2. The first-order valence-corrected chi connectivity index (χ1v) is 17.5. The summed E-state index contributed by atoms with van der Waals surface area (Å²) in [4.78, 5) is 18.0. The van der Waals surface area contributed by atoms with E-state index in [1.165, 1.54) is 32.1 Å². The van der Waals surface area contributed by atoms with Gasteiger partial charge in [-0.15, -0.1) is 0 Å². The highest BCUT2D eigenvalue weighted by atomic mass is 35.5. The number of nitrogens with zero attached hydrogens (tertiary/aromatic N) is 2. The Bertz CT molecular complexity index is 1320. The predicted octanol–water partition coefficient (Wildman–Crippen LogP) is 9.51. The number of likely N-dealkylation sites (tertiary alicyclic amines) is 1. The normalized spacial score (nSPS) is 14.8. The van der Waals surface area contributed by atoms with Gasteiger partial charge in [-0.25, -0.2) is 0 Å². The highest BCUT2D eigenvalue weighted by Gasteiger charge is 2.33. The minimum Gasteiger partial charge on any atom is -0.496 e. The van der Waals surface area contributed by atoms with Gasteiger partial charge < -0.3 is 19.6 Å². The van der Waals surface area contributed by atoms with Gasteiger partial charge >= 0.3 is 0 Å². The lowest BCUT2D eigenvalue weighted by Gasteiger charge is -2.38. The van der Waals surface area contributed by atoms with Crippen LogP contribution in [0.3, 0.4) is 0 Å². The number of piperidine rings is 1. The third-order valence-electron chi connectivity index (χ3n) is 9.11. The smallest absolute Gasteiger partial charge is 0.222 e. The molecule has 1 N–H and O–H groups in total. The lowest BCUT2D eigenvalue weighted by atomic mass is 9.84. The van der Waals surface area contributed by atoms with Crippen LogP contribution in [0, 0.1) is 0 Å². The number of hydrogen-bond acceptors (Lipinski definition) is 4. The van der Waals surface area contributed by atoms with E-state index in [0.29, 0.717) is 42.4 Å². The molecule has 0 atom stereocenters. The Morgan fingerprint density at radius 3 is 2.13 bits per heavy atom. The topological polar surface area (TPSA) is 53.0 Å². The summed E-state index contributed by atoms with van der Waals surface area (Å²) in [5.74, 6) is 1.02. The van der Waals surface area contributed by atoms with Crippen molar-refractivity contribution in [2.24, 2.45) is 0 Å². The molecule has 0 aromatic heterocycles. The van der Waals surface area contributed by atoms with E-state index in [-0.39, 0.29) is 5.91 Å². The molecule has 3 aromatic rings. The molecule has 45 heavy (non-hydrogen) atoms. The maximum Gasteiger partial charge on any atom is 0.222 e. The van der Waals surface area contributed by atoms with Crippen molar-refractivity contribution in [2.45, 2.75) is 89.7 Å². The molecule has 0 unspecified atom stereocenters. The summed E-state index contributed by atoms with van der Waals surface area (Å²) in [6.45, 7) is 6.06. The molecule has 3 aromatic carbocycles. The zero-order valence-corrected chi connectivity index (χ0v) is 28.6. The van der Waals surface area contributed by atoms with E-state index in [1.807, 2.05) is 59.5 Å². The maximum absolute atomic E-state index is 13.6. The molecule has 0 saturated carbocycles. The van der Waals surface area contributed by atoms with E-state index in [9.17, 15) is 9.90 Å². The van der Waals surface area contributed by atoms with Crippen LogP contribution in [0.1, 0.15) is 88.7 Å². The Morgan fingerprint density at radius 1 is 0.867 bits per heavy atom. The molecule has 1 amide bonds. The van der Waals surface area contributed by atoms with E-state index in [4.69, 9.17) is 27.9 Å². The molecular weight excluding hydrogens is 603 g/mol. The quantitative estimate of drug-likeness (QED) is 0.148. The first-order valence-electron chi connectivity index (χ1n) is 16.7. The molecule has 0 spiro atoms. The summed E-state index contributed by atoms with van der Waals surface area (Å²) >= 11 is 12.2. The lowest BCUT2D eigenvalue weighted by Crippen LogP contribution is -2.43. The molecule has 0 bridgehead atoms. The molecule has 0 aliphatic carbocycles. The van der Waals surface area contributed by atoms with Gasteiger partial charge in [0.15, 0.2) is 0 Å². The number of amides is 1. The van der Waals surface area contributed by atoms with Crippen LogP contribution in [-0.2, 0) is 16.9 Å². The van der Waals surface area contributed by atoms with Crippen LogP contribution >= 0.6 is 23.2 Å². The van der Waals surface area contributed by atoms with Gasteiger partial charge in [-0.1, -0.05) is 99.0 Å². The minimum absolute atomic E-state index is 0.225. The molecule has 1 fully saturated rings. The van der Waals surface area contributed by atoms with E-state index < -0.39 is 5.60 Å². The number of hydrogen-bond donors (Lipinski definition) is 1. The molecule has 1 saturated heterocycles. The van der Waals surface area contributed by atoms with Crippen molar-refractivity contribution in [1.29, 1.82) is 0 Å². The van der Waals surface area contributed by atoms with Gasteiger partial charge in [0.1, 0.15) is 5.75 Å². The third kappa shape index (κ3) is 10.7. The lowest BCUT2D eigenvalue weighted by molar-refractivity contribution is -0.132. The highest BCUT2D eigenvalue weighted by molar-refractivity contribution is 6.30. The van der Waals surface area contributed by atoms with Gasteiger partial charge in [0.25, 0.3) is 0 Å². The number of benzene rings is 3. The van der Waals surface area contributed by atoms with E-state index in [2.05, 4.69) is 24.0 Å². The van der Waals surface area contributed by atoms with Crippen LogP contribution in [0.25, 0.3) is 11.1 Å². The zero-order chi connectivity index (χ0) is 32.1. The van der Waals surface area contributed by atoms with Crippen LogP contribution < -0.4 is 4.74 Å². The Balaban J connectivity index is 1.37. The number of carbonyl (C=O) groups is 1. The fraction of sp³-hybridized carbons (Fsp3) is 0.500. The summed E-state index contributed by atoms with van der Waals surface area (Å²) in [5, 5.41) is 12.7. The average molecular weight is 654 g/mol. The molecule has 1 aliphatic rings. The van der Waals surface area contributed by atoms with Gasteiger partial charge in [0.05, 0.1) is 12.7 Å². The zero-order valence-electron chi connectivity index (χ0n) is 27.1. The van der Waals surface area contributed by atoms with Crippen molar-refractivity contribution in [1.82, 2.24) is 9.80 Å². The van der Waals surface area contributed by atoms with E-state index in [1.54, 1.807) is 7.11 Å². The molecule has 7 heteroatoms. The van der Waals surface area contributed by atoms with Crippen LogP contribution in [0.2, 0.25) is 10.0 Å². The number of unbranched alkanes of at least 4 members (excludes halogenated alkanes) is 6. The minimum atomic E-state index is -0.810. The Morgan fingerprint density at radius 2 is 1.49 bits per heavy atom. The molecule has 4 rings (SSSR count). The number of carbonyl (C=O) groups excluding carboxylic acids is 1. The Hall–Kier alpha value is -2.57. The molecule has 0 radical (unpaired) electrons. The number of methoxy groups -OCH3 is 1. The van der Waals surface area contributed by atoms with Gasteiger partial charge in [0, 0.05) is 48.2 Å². The summed E-state index contributed by atoms with van der Waals surface area (Å²) in [6.07, 6.45) is 11.2. The van der Waals surface area contributed by atoms with Gasteiger partial charge in [-0.05, 0) is 85.3 Å². The number of aliphatic hydroxyl groups is 1. The van der Waals surface area contributed by atoms with Crippen LogP contribution in [-0.4, -0.2) is 54.1 Å². The van der Waals surface area contributed by atoms with Crippen LogP contribution in [0.4, 0.5) is 0 Å². The SMILES string of the molecule is CCCCCCCCCC(=O)N(CCCN1CCC(O)(c2ccc(Cl)cc2)CC1)Cc1ccc(OC)c(-c2ccc(Cl)cc2)c1. The summed E-state index contributed by atoms with van der Waals surface area (Å²) < 4.78 is 5.68. The molecule has 1 heterocycles. The fourth-order valence-corrected chi connectivity index (χ4v) is 6.54. The van der Waals surface area contributed by atoms with Crippen molar-refractivity contribution in [3.8, 4) is 16.9 Å². The second-order valence-electron chi connectivity index (χ2n) is 12.5. The molecule has 1 aliphatic heterocycles. The van der Waals surface area contributed by atoms with Crippen molar-refractivity contribution in [3.63, 3.8) is 0 Å². The Kier molecular flexibility index (Phi) is 14.1. The van der Waals surface area contributed by atoms with E-state index in [0.717, 1.165) is 66.9 Å². The van der Waals surface area contributed by atoms with Gasteiger partial charge in [-0.2, -0.15) is 0 Å². The largest absolute Gasteiger partial charge is 0.496 e. The maximum atomic E-state index is 13.6. The summed E-state index contributed by atoms with van der Waals surface area (Å²) in [7, 11) is 1.68. The molecule has 244 valence electrons. The monoisotopic (exact) mass is 652 g/mol. The number of ether oxygens (including phenoxy) is 1. The second-order valence-corrected chi connectivity index (χ2v) is 13.3. The summed E-state index contributed by atoms with van der Waals surface area (Å²) in [6, 6.07) is 21.5. The standard InChI is InChI=1S/C38H50Cl2N2O3/c1-3-4-5-6-7-8-9-11-37(43)42(29-30-12-21-36(45-2)35(28-30)31-13-17-33(39)18-14-31)25-10-24-41-26-22-38(44,23-27-41)32-15-19-34(40)20-16-32/h12-21,28,44H,3-11,22-27,29H2,1-2H3. The molecular formula is C38H50Cl2N2O3. The van der Waals surface area contributed by atoms with Crippen molar-refractivity contribution < 1.29 is 14.6 Å². The fourth-order valence-electron chi connectivity index (χ4n) is 6.29. The first kappa shape index (κ1) is 35.3.